The third-order valence-corrected chi connectivity index (χ3v) is 3.05. The standard InChI is InChI=1S/C17H13N3O/c18-10-13-5-4-6-14(9-13)12-20-17(21)16(11-19)15-7-2-1-3-8-15/h1-9,16H,12H2,(H,20,21). The van der Waals surface area contributed by atoms with Gasteiger partial charge in [-0.3, -0.25) is 4.79 Å². The largest absolute Gasteiger partial charge is 0.351 e. The molecule has 0 aliphatic rings. The summed E-state index contributed by atoms with van der Waals surface area (Å²) in [6, 6.07) is 20.0. The van der Waals surface area contributed by atoms with Crippen molar-refractivity contribution in [3.63, 3.8) is 0 Å². The lowest BCUT2D eigenvalue weighted by Gasteiger charge is -2.10. The monoisotopic (exact) mass is 275 g/mol. The van der Waals surface area contributed by atoms with Gasteiger partial charge in [-0.25, -0.2) is 0 Å². The Bertz CT molecular complexity index is 711. The first-order valence-electron chi connectivity index (χ1n) is 6.46. The van der Waals surface area contributed by atoms with E-state index in [0.717, 1.165) is 5.56 Å². The Labute approximate surface area is 123 Å². The molecule has 4 heteroatoms. The van der Waals surface area contributed by atoms with Gasteiger partial charge in [0.2, 0.25) is 5.91 Å². The molecule has 2 rings (SSSR count). The molecule has 0 fully saturated rings. The lowest BCUT2D eigenvalue weighted by molar-refractivity contribution is -0.121. The van der Waals surface area contributed by atoms with Gasteiger partial charge in [0.15, 0.2) is 0 Å². The van der Waals surface area contributed by atoms with Crippen LogP contribution >= 0.6 is 0 Å². The summed E-state index contributed by atoms with van der Waals surface area (Å²) in [5.74, 6) is -1.17. The summed E-state index contributed by atoms with van der Waals surface area (Å²) >= 11 is 0. The molecule has 1 atom stereocenters. The topological polar surface area (TPSA) is 76.7 Å². The van der Waals surface area contributed by atoms with Crippen molar-refractivity contribution >= 4 is 5.91 Å². The van der Waals surface area contributed by atoms with Crippen LogP contribution in [0.4, 0.5) is 0 Å². The zero-order valence-electron chi connectivity index (χ0n) is 11.3. The highest BCUT2D eigenvalue weighted by molar-refractivity contribution is 5.86. The Morgan fingerprint density at radius 1 is 1.10 bits per heavy atom. The lowest BCUT2D eigenvalue weighted by atomic mass is 10.00. The van der Waals surface area contributed by atoms with E-state index in [2.05, 4.69) is 5.32 Å². The molecule has 0 spiro atoms. The summed E-state index contributed by atoms with van der Waals surface area (Å²) in [6.07, 6.45) is 0. The van der Waals surface area contributed by atoms with Gasteiger partial charge in [0.25, 0.3) is 0 Å². The van der Waals surface area contributed by atoms with E-state index in [0.29, 0.717) is 17.7 Å². The van der Waals surface area contributed by atoms with Crippen LogP contribution in [0.25, 0.3) is 0 Å². The van der Waals surface area contributed by atoms with Gasteiger partial charge in [-0.1, -0.05) is 42.5 Å². The van der Waals surface area contributed by atoms with Gasteiger partial charge in [0, 0.05) is 6.54 Å². The van der Waals surface area contributed by atoms with Gasteiger partial charge in [0.05, 0.1) is 17.7 Å². The molecule has 21 heavy (non-hydrogen) atoms. The maximum Gasteiger partial charge on any atom is 0.242 e. The molecular weight excluding hydrogens is 262 g/mol. The van der Waals surface area contributed by atoms with E-state index in [-0.39, 0.29) is 5.91 Å². The van der Waals surface area contributed by atoms with Gasteiger partial charge in [0.1, 0.15) is 5.92 Å². The Hall–Kier alpha value is -3.11. The number of nitrogens with one attached hydrogen (secondary N) is 1. The van der Waals surface area contributed by atoms with Gasteiger partial charge < -0.3 is 5.32 Å². The highest BCUT2D eigenvalue weighted by atomic mass is 16.1. The van der Waals surface area contributed by atoms with E-state index < -0.39 is 5.92 Å². The van der Waals surface area contributed by atoms with Gasteiger partial charge in [-0.15, -0.1) is 0 Å². The molecule has 2 aromatic carbocycles. The maximum absolute atomic E-state index is 12.1. The Morgan fingerprint density at radius 3 is 2.52 bits per heavy atom. The molecule has 0 bridgehead atoms. The van der Waals surface area contributed by atoms with Crippen molar-refractivity contribution in [2.75, 3.05) is 0 Å². The van der Waals surface area contributed by atoms with Crippen LogP contribution < -0.4 is 5.32 Å². The zero-order valence-corrected chi connectivity index (χ0v) is 11.3. The molecule has 0 heterocycles. The van der Waals surface area contributed by atoms with Gasteiger partial charge in [-0.2, -0.15) is 10.5 Å². The third kappa shape index (κ3) is 3.68. The second-order valence-electron chi connectivity index (χ2n) is 4.50. The number of nitriles is 2. The molecule has 4 nitrogen and oxygen atoms in total. The molecule has 1 N–H and O–H groups in total. The average molecular weight is 275 g/mol. The smallest absolute Gasteiger partial charge is 0.242 e. The Kier molecular flexibility index (Phi) is 4.69. The Morgan fingerprint density at radius 2 is 1.86 bits per heavy atom. The second kappa shape index (κ2) is 6.88. The van der Waals surface area contributed by atoms with E-state index in [4.69, 9.17) is 5.26 Å². The molecule has 0 aliphatic carbocycles. The molecule has 0 saturated carbocycles. The van der Waals surface area contributed by atoms with E-state index in [1.165, 1.54) is 0 Å². The summed E-state index contributed by atoms with van der Waals surface area (Å²) in [4.78, 5) is 12.1. The molecule has 0 radical (unpaired) electrons. The van der Waals surface area contributed by atoms with E-state index >= 15 is 0 Å². The van der Waals surface area contributed by atoms with E-state index in [1.807, 2.05) is 24.3 Å². The fourth-order valence-electron chi connectivity index (χ4n) is 1.97. The van der Waals surface area contributed by atoms with Crippen molar-refractivity contribution in [1.82, 2.24) is 5.32 Å². The van der Waals surface area contributed by atoms with Crippen LogP contribution in [-0.2, 0) is 11.3 Å². The molecule has 2 aromatic rings. The maximum atomic E-state index is 12.1. The predicted octanol–water partition coefficient (Wildman–Crippen LogP) is 2.48. The van der Waals surface area contributed by atoms with Gasteiger partial charge in [-0.05, 0) is 23.3 Å². The normalized spacial score (nSPS) is 11.0. The number of nitrogens with zero attached hydrogens (tertiary/aromatic N) is 2. The van der Waals surface area contributed by atoms with Crippen molar-refractivity contribution in [3.8, 4) is 12.1 Å². The first-order chi connectivity index (χ1) is 10.2. The fraction of sp³-hybridized carbons (Fsp3) is 0.118. The fourth-order valence-corrected chi connectivity index (χ4v) is 1.97. The van der Waals surface area contributed by atoms with Crippen LogP contribution in [-0.4, -0.2) is 5.91 Å². The quantitative estimate of drug-likeness (QED) is 0.931. The van der Waals surface area contributed by atoms with Gasteiger partial charge >= 0.3 is 0 Å². The third-order valence-electron chi connectivity index (χ3n) is 3.05. The number of benzene rings is 2. The number of carbonyl (C=O) groups is 1. The average Bonchev–Trinajstić information content (AvgIpc) is 2.55. The van der Waals surface area contributed by atoms with Crippen LogP contribution in [0.2, 0.25) is 0 Å². The lowest BCUT2D eigenvalue weighted by Crippen LogP contribution is -2.28. The molecule has 102 valence electrons. The minimum absolute atomic E-state index is 0.291. The van der Waals surface area contributed by atoms with Crippen molar-refractivity contribution in [2.45, 2.75) is 12.5 Å². The van der Waals surface area contributed by atoms with E-state index in [1.54, 1.807) is 42.5 Å². The zero-order chi connectivity index (χ0) is 15.1. The Balaban J connectivity index is 2.04. The van der Waals surface area contributed by atoms with Crippen molar-refractivity contribution in [2.24, 2.45) is 0 Å². The molecule has 0 aromatic heterocycles. The minimum atomic E-state index is -0.828. The number of amides is 1. The SMILES string of the molecule is N#Cc1cccc(CNC(=O)C(C#N)c2ccccc2)c1. The van der Waals surface area contributed by atoms with Crippen molar-refractivity contribution in [3.05, 3.63) is 71.3 Å². The summed E-state index contributed by atoms with van der Waals surface area (Å²) < 4.78 is 0. The predicted molar refractivity (Wildman–Crippen MR) is 77.8 cm³/mol. The number of hydrogen-bond acceptors (Lipinski definition) is 3. The van der Waals surface area contributed by atoms with Crippen molar-refractivity contribution in [1.29, 1.82) is 10.5 Å². The first-order valence-corrected chi connectivity index (χ1v) is 6.46. The first kappa shape index (κ1) is 14.3. The van der Waals surface area contributed by atoms with Crippen LogP contribution in [0.1, 0.15) is 22.6 Å². The number of hydrogen-bond donors (Lipinski definition) is 1. The minimum Gasteiger partial charge on any atom is -0.351 e. The summed E-state index contributed by atoms with van der Waals surface area (Å²) in [7, 11) is 0. The van der Waals surface area contributed by atoms with Crippen LogP contribution in [0.3, 0.4) is 0 Å². The van der Waals surface area contributed by atoms with E-state index in [9.17, 15) is 10.1 Å². The molecular formula is C17H13N3O. The van der Waals surface area contributed by atoms with Crippen molar-refractivity contribution < 1.29 is 4.79 Å². The number of rotatable bonds is 4. The molecule has 1 unspecified atom stereocenters. The summed E-state index contributed by atoms with van der Waals surface area (Å²) in [5, 5.41) is 20.7. The highest BCUT2D eigenvalue weighted by Gasteiger charge is 2.19. The summed E-state index contributed by atoms with van der Waals surface area (Å²) in [6.45, 7) is 0.291. The van der Waals surface area contributed by atoms with Crippen LogP contribution in [0, 0.1) is 22.7 Å². The highest BCUT2D eigenvalue weighted by Crippen LogP contribution is 2.14. The second-order valence-corrected chi connectivity index (χ2v) is 4.50. The molecule has 0 saturated heterocycles. The van der Waals surface area contributed by atoms with Crippen LogP contribution in [0.15, 0.2) is 54.6 Å². The summed E-state index contributed by atoms with van der Waals surface area (Å²) in [5.41, 5.74) is 2.04. The van der Waals surface area contributed by atoms with Crippen LogP contribution in [0.5, 0.6) is 0 Å². The molecule has 0 aliphatic heterocycles. The molecule has 1 amide bonds. The number of carbonyl (C=O) groups excluding carboxylic acids is 1.